The van der Waals surface area contributed by atoms with Gasteiger partial charge in [0.15, 0.2) is 0 Å². The van der Waals surface area contributed by atoms with Crippen molar-refractivity contribution in [3.63, 3.8) is 0 Å². The summed E-state index contributed by atoms with van der Waals surface area (Å²) in [5.74, 6) is 0. The summed E-state index contributed by atoms with van der Waals surface area (Å²) >= 11 is 7.54. The lowest BCUT2D eigenvalue weighted by atomic mass is 9.82. The Labute approximate surface area is 773 Å². The van der Waals surface area contributed by atoms with E-state index in [9.17, 15) is 0 Å². The average Bonchev–Trinajstić information content (AvgIpc) is 1.55. The number of hydrogen-bond donors (Lipinski definition) is 0. The fourth-order valence-electron chi connectivity index (χ4n) is 21.0. The molecule has 27 rings (SSSR count). The van der Waals surface area contributed by atoms with E-state index >= 15 is 0 Å². The molecule has 0 saturated heterocycles. The highest BCUT2D eigenvalue weighted by Crippen LogP contribution is 2.55. The summed E-state index contributed by atoms with van der Waals surface area (Å²) in [6, 6.07) is 166. The molecule has 0 spiro atoms. The van der Waals surface area contributed by atoms with Crippen LogP contribution in [0.15, 0.2) is 449 Å². The minimum Gasteiger partial charge on any atom is -0.311 e. The molecule has 6 aromatic heterocycles. The molecule has 616 valence electrons. The van der Waals surface area contributed by atoms with E-state index in [1.54, 1.807) is 0 Å². The van der Waals surface area contributed by atoms with Crippen molar-refractivity contribution < 1.29 is 0 Å². The number of rotatable bonds is 13. The largest absolute Gasteiger partial charge is 0.311 e. The Morgan fingerprint density at radius 3 is 0.916 bits per heavy atom. The van der Waals surface area contributed by atoms with Crippen LogP contribution in [0.4, 0.5) is 34.1 Å². The molecular weight excluding hydrogens is 1660 g/mol. The monoisotopic (exact) mass is 1740 g/mol. The van der Waals surface area contributed by atoms with Gasteiger partial charge in [0.05, 0.1) is 22.1 Å². The zero-order chi connectivity index (χ0) is 86.5. The normalized spacial score (nSPS) is 12.4. The van der Waals surface area contributed by atoms with Gasteiger partial charge < -0.3 is 18.9 Å². The van der Waals surface area contributed by atoms with Crippen molar-refractivity contribution in [1.82, 2.24) is 9.13 Å². The van der Waals surface area contributed by atoms with Crippen molar-refractivity contribution in [2.24, 2.45) is 0 Å². The fourth-order valence-corrected chi connectivity index (χ4v) is 25.6. The molecule has 0 amide bonds. The zero-order valence-electron chi connectivity index (χ0n) is 71.6. The molecule has 0 atom stereocenters. The van der Waals surface area contributed by atoms with Crippen LogP contribution in [0.3, 0.4) is 0 Å². The molecule has 0 N–H and O–H groups in total. The summed E-state index contributed by atoms with van der Waals surface area (Å²) in [7, 11) is 0. The predicted molar refractivity (Wildman–Crippen MR) is 567 cm³/mol. The number of nitrogens with zero attached hydrogens (tertiary/aromatic N) is 4. The van der Waals surface area contributed by atoms with Crippen molar-refractivity contribution in [2.75, 3.05) is 9.80 Å². The molecule has 4 nitrogen and oxygen atoms in total. The first-order chi connectivity index (χ1) is 64.7. The first-order valence-corrected chi connectivity index (χ1v) is 48.1. The maximum Gasteiger partial charge on any atom is 0.0634 e. The number of aromatic nitrogens is 2. The van der Waals surface area contributed by atoms with E-state index in [1.807, 2.05) is 45.3 Å². The van der Waals surface area contributed by atoms with Gasteiger partial charge in [0.1, 0.15) is 0 Å². The second-order valence-corrected chi connectivity index (χ2v) is 39.2. The number of benzene rings is 20. The van der Waals surface area contributed by atoms with Crippen LogP contribution in [-0.2, 0) is 5.41 Å². The average molecular weight is 1740 g/mol. The summed E-state index contributed by atoms with van der Waals surface area (Å²) in [4.78, 5) is 4.80. The van der Waals surface area contributed by atoms with Gasteiger partial charge in [-0.3, -0.25) is 0 Å². The molecule has 1 aliphatic rings. The van der Waals surface area contributed by atoms with Crippen LogP contribution in [0.2, 0.25) is 0 Å². The molecule has 0 aliphatic heterocycles. The van der Waals surface area contributed by atoms with Gasteiger partial charge in [0, 0.05) is 164 Å². The molecule has 1 aliphatic carbocycles. The molecule has 8 heteroatoms. The lowest BCUT2D eigenvalue weighted by Crippen LogP contribution is -2.16. The van der Waals surface area contributed by atoms with Gasteiger partial charge in [-0.15, -0.1) is 45.3 Å². The van der Waals surface area contributed by atoms with Crippen molar-refractivity contribution >= 4 is 204 Å². The molecule has 6 heterocycles. The molecule has 0 saturated carbocycles. The Hall–Kier alpha value is -15.5. The summed E-state index contributed by atoms with van der Waals surface area (Å²) < 4.78 is 15.5. The van der Waals surface area contributed by atoms with Crippen LogP contribution in [0.25, 0.3) is 202 Å². The van der Waals surface area contributed by atoms with E-state index < -0.39 is 0 Å². The van der Waals surface area contributed by atoms with Crippen LogP contribution in [0.1, 0.15) is 25.0 Å². The van der Waals surface area contributed by atoms with Crippen LogP contribution >= 0.6 is 45.3 Å². The van der Waals surface area contributed by atoms with Gasteiger partial charge in [0.25, 0.3) is 0 Å². The topological polar surface area (TPSA) is 16.3 Å². The highest BCUT2D eigenvalue weighted by molar-refractivity contribution is 7.27. The molecule has 131 heavy (non-hydrogen) atoms. The summed E-state index contributed by atoms with van der Waals surface area (Å²) in [5.41, 5.74) is 31.5. The Kier molecular flexibility index (Phi) is 18.1. The van der Waals surface area contributed by atoms with Crippen LogP contribution in [-0.4, -0.2) is 9.13 Å². The van der Waals surface area contributed by atoms with Crippen LogP contribution < -0.4 is 9.80 Å². The Morgan fingerprint density at radius 1 is 0.198 bits per heavy atom. The molecule has 0 fully saturated rings. The van der Waals surface area contributed by atoms with E-state index in [1.165, 1.54) is 214 Å². The maximum atomic E-state index is 2.53. The van der Waals surface area contributed by atoms with Crippen molar-refractivity contribution in [3.8, 4) is 78.1 Å². The second-order valence-electron chi connectivity index (χ2n) is 34.9. The van der Waals surface area contributed by atoms with Gasteiger partial charge >= 0.3 is 0 Å². The lowest BCUT2D eigenvalue weighted by molar-refractivity contribution is 0.660. The Bertz CT molecular complexity index is 8940. The van der Waals surface area contributed by atoms with E-state index in [4.69, 9.17) is 0 Å². The minimum absolute atomic E-state index is 0.114. The highest BCUT2D eigenvalue weighted by Gasteiger charge is 2.36. The first kappa shape index (κ1) is 76.7. The molecule has 20 aromatic carbocycles. The smallest absolute Gasteiger partial charge is 0.0634 e. The summed E-state index contributed by atoms with van der Waals surface area (Å²) in [5, 5.41) is 15.5. The fraction of sp³-hybridized carbons (Fsp3) is 0.0244. The lowest BCUT2D eigenvalue weighted by Gasteiger charge is -2.28. The number of para-hydroxylation sites is 2. The second kappa shape index (κ2) is 30.9. The number of hydrogen-bond acceptors (Lipinski definition) is 6. The first-order valence-electron chi connectivity index (χ1n) is 44.8. The molecule has 0 bridgehead atoms. The van der Waals surface area contributed by atoms with E-state index in [2.05, 4.69) is 482 Å². The Balaban J connectivity index is 0.000000138. The maximum absolute atomic E-state index is 2.53. The third-order valence-electron chi connectivity index (χ3n) is 27.2. The number of anilines is 6. The minimum atomic E-state index is -0.114. The third kappa shape index (κ3) is 12.6. The van der Waals surface area contributed by atoms with Gasteiger partial charge in [-0.05, 0) is 224 Å². The van der Waals surface area contributed by atoms with Gasteiger partial charge in [0.2, 0.25) is 0 Å². The summed E-state index contributed by atoms with van der Waals surface area (Å²) in [6.45, 7) is 4.73. The SMILES string of the molecule is CC1(C)c2ccccc2-c2ccc(N(c3ccc(-c4ccccc4)cc3)c3ccc(-c4cc5c6ccccc6n(-c6ccc7sc8ccccc8c7c6)c5c5c4sc4ccccc45)cc3)cc21.c1ccc(-c2ccc(N(c3ccc(-c4ccccc4)cc3)c3ccc(-c4cc5c6ccccc6n(-c6ccc7sc8ccccc8c7c6)c5c5c4sc4ccccc45)cc3)cc2)cc1. The standard InChI is InChI=1S/C63H42N2S2.C60H38N2S2/c1-63(2)54-20-10-6-16-46(54)47-34-32-45(37-55(47)63)64(42-28-24-40(25-29-42)39-14-4-3-5-15-39)43-30-26-41(27-31-43)51-38-53-48-17-7-11-21-56(48)65(61(53)60-50-19-9-13-23-58(50)67-62(51)60)44-33-35-59-52(36-44)49-18-8-12-22-57(49)66-59;1-3-13-39(14-4-1)41-23-29-44(30-24-41)61(45-31-25-42(26-32-45)40-15-5-2-6-16-40)46-33-27-43(28-34-46)51-38-53-48-17-7-10-20-54(48)62(59(53)58-50-19-9-12-22-56(50)64-60(51)58)47-35-36-57-52(37-47)49-18-8-11-21-55(49)63-57/h3-38H,1-2H3;1-38H. The van der Waals surface area contributed by atoms with Crippen molar-refractivity contribution in [3.05, 3.63) is 460 Å². The van der Waals surface area contributed by atoms with Crippen molar-refractivity contribution in [1.29, 1.82) is 0 Å². The Morgan fingerprint density at radius 2 is 0.504 bits per heavy atom. The molecule has 0 radical (unpaired) electrons. The molecular formula is C123H80N4S4. The van der Waals surface area contributed by atoms with Crippen molar-refractivity contribution in [2.45, 2.75) is 19.3 Å². The van der Waals surface area contributed by atoms with E-state index in [0.717, 1.165) is 34.1 Å². The van der Waals surface area contributed by atoms with E-state index in [0.29, 0.717) is 0 Å². The third-order valence-corrected chi connectivity index (χ3v) is 31.9. The highest BCUT2D eigenvalue weighted by atomic mass is 32.1. The zero-order valence-corrected chi connectivity index (χ0v) is 74.9. The van der Waals surface area contributed by atoms with Crippen LogP contribution in [0.5, 0.6) is 0 Å². The number of fused-ring (bicyclic) bond motifs is 23. The van der Waals surface area contributed by atoms with Gasteiger partial charge in [-0.1, -0.05) is 305 Å². The molecule has 0 unspecified atom stereocenters. The van der Waals surface area contributed by atoms with E-state index in [-0.39, 0.29) is 5.41 Å². The predicted octanol–water partition coefficient (Wildman–Crippen LogP) is 36.6. The van der Waals surface area contributed by atoms with Gasteiger partial charge in [-0.25, -0.2) is 0 Å². The quantitative estimate of drug-likeness (QED) is 0.114. The summed E-state index contributed by atoms with van der Waals surface area (Å²) in [6.07, 6.45) is 0. The van der Waals surface area contributed by atoms with Crippen LogP contribution in [0, 0.1) is 0 Å². The van der Waals surface area contributed by atoms with Gasteiger partial charge in [-0.2, -0.15) is 0 Å². The molecule has 26 aromatic rings. The number of thiophene rings is 4.